The Hall–Kier alpha value is -2.59. The number of nitrogens with zero attached hydrogens (tertiary/aromatic N) is 2. The molecule has 0 radical (unpaired) electrons. The van der Waals surface area contributed by atoms with E-state index in [1.54, 1.807) is 21.7 Å². The van der Waals surface area contributed by atoms with E-state index < -0.39 is 27.9 Å². The Balaban J connectivity index is 1.86. The highest BCUT2D eigenvalue weighted by molar-refractivity contribution is 7.89. The molecule has 3 aromatic rings. The SMILES string of the molecule is CNS(=O)(=O)c1ccc2c(c1)c(N1CC(F)C1)cn2-c1ccc(C(F)(F)F)cc1. The molecule has 29 heavy (non-hydrogen) atoms. The minimum Gasteiger partial charge on any atom is -0.364 e. The van der Waals surface area contributed by atoms with E-state index >= 15 is 0 Å². The standard InChI is InChI=1S/C19H17F4N3O2S/c1-24-29(27,28)15-6-7-17-16(8-15)18(25-9-13(20)10-25)11-26(17)14-4-2-12(3-5-14)19(21,22)23/h2-8,11,13,24H,9-10H2,1H3. The predicted octanol–water partition coefficient (Wildman–Crippen LogP) is 3.72. The fourth-order valence-electron chi connectivity index (χ4n) is 3.37. The van der Waals surface area contributed by atoms with Gasteiger partial charge in [0.2, 0.25) is 10.0 Å². The summed E-state index contributed by atoms with van der Waals surface area (Å²) in [6.45, 7) is 0.351. The van der Waals surface area contributed by atoms with Gasteiger partial charge in [-0.15, -0.1) is 0 Å². The van der Waals surface area contributed by atoms with Crippen molar-refractivity contribution >= 4 is 26.6 Å². The van der Waals surface area contributed by atoms with Crippen LogP contribution in [0.15, 0.2) is 53.6 Å². The van der Waals surface area contributed by atoms with Crippen molar-refractivity contribution in [2.75, 3.05) is 25.0 Å². The molecule has 10 heteroatoms. The molecular weight excluding hydrogens is 410 g/mol. The fraction of sp³-hybridized carbons (Fsp3) is 0.263. The van der Waals surface area contributed by atoms with Gasteiger partial charge in [0.25, 0.3) is 0 Å². The summed E-state index contributed by atoms with van der Waals surface area (Å²) in [5.74, 6) is 0. The lowest BCUT2D eigenvalue weighted by Gasteiger charge is -2.35. The highest BCUT2D eigenvalue weighted by Crippen LogP contribution is 2.36. The zero-order valence-corrected chi connectivity index (χ0v) is 16.1. The van der Waals surface area contributed by atoms with Gasteiger partial charge in [0.05, 0.1) is 34.8 Å². The van der Waals surface area contributed by atoms with Gasteiger partial charge in [-0.1, -0.05) is 0 Å². The zero-order valence-electron chi connectivity index (χ0n) is 15.2. The Kier molecular flexibility index (Phi) is 4.58. The molecule has 0 spiro atoms. The van der Waals surface area contributed by atoms with Crippen LogP contribution < -0.4 is 9.62 Å². The Labute approximate surface area is 164 Å². The molecule has 0 bridgehead atoms. The fourth-order valence-corrected chi connectivity index (χ4v) is 4.13. The summed E-state index contributed by atoms with van der Waals surface area (Å²) in [7, 11) is -2.38. The summed E-state index contributed by atoms with van der Waals surface area (Å²) in [5.41, 5.74) is 0.957. The molecule has 2 aromatic carbocycles. The monoisotopic (exact) mass is 427 g/mol. The summed E-state index contributed by atoms with van der Waals surface area (Å²) in [5, 5.41) is 0.577. The third kappa shape index (κ3) is 3.46. The van der Waals surface area contributed by atoms with Crippen molar-refractivity contribution < 1.29 is 26.0 Å². The van der Waals surface area contributed by atoms with Gasteiger partial charge in [-0.3, -0.25) is 0 Å². The number of hydrogen-bond donors (Lipinski definition) is 1. The van der Waals surface area contributed by atoms with E-state index in [1.807, 2.05) is 0 Å². The Morgan fingerprint density at radius 1 is 1.07 bits per heavy atom. The number of anilines is 1. The Bertz CT molecular complexity index is 1160. The van der Waals surface area contributed by atoms with Gasteiger partial charge in [-0.05, 0) is 49.5 Å². The van der Waals surface area contributed by atoms with Gasteiger partial charge in [0, 0.05) is 17.3 Å². The van der Waals surface area contributed by atoms with Crippen molar-refractivity contribution in [2.24, 2.45) is 0 Å². The van der Waals surface area contributed by atoms with Crippen LogP contribution in [0.4, 0.5) is 23.2 Å². The first-order valence-electron chi connectivity index (χ1n) is 8.75. The first kappa shape index (κ1) is 19.7. The second-order valence-electron chi connectivity index (χ2n) is 6.82. The molecular formula is C19H17F4N3O2S. The van der Waals surface area contributed by atoms with Crippen LogP contribution in [0.1, 0.15) is 5.56 Å². The number of alkyl halides is 4. The van der Waals surface area contributed by atoms with E-state index in [1.165, 1.54) is 31.3 Å². The van der Waals surface area contributed by atoms with Crippen LogP contribution in [-0.2, 0) is 16.2 Å². The lowest BCUT2D eigenvalue weighted by molar-refractivity contribution is -0.137. The molecule has 154 valence electrons. The number of halogens is 4. The summed E-state index contributed by atoms with van der Waals surface area (Å²) in [6, 6.07) is 9.17. The molecule has 1 aliphatic rings. The second kappa shape index (κ2) is 6.74. The minimum absolute atomic E-state index is 0.0521. The smallest absolute Gasteiger partial charge is 0.364 e. The average Bonchev–Trinajstić information content (AvgIpc) is 3.03. The minimum atomic E-state index is -4.44. The highest BCUT2D eigenvalue weighted by Gasteiger charge is 2.31. The van der Waals surface area contributed by atoms with Crippen LogP contribution in [-0.4, -0.2) is 39.3 Å². The third-order valence-corrected chi connectivity index (χ3v) is 6.40. The molecule has 0 aliphatic carbocycles. The molecule has 1 aliphatic heterocycles. The molecule has 2 heterocycles. The molecule has 0 saturated carbocycles. The van der Waals surface area contributed by atoms with E-state index in [0.29, 0.717) is 22.3 Å². The number of aromatic nitrogens is 1. The molecule has 0 amide bonds. The van der Waals surface area contributed by atoms with Gasteiger partial charge >= 0.3 is 6.18 Å². The van der Waals surface area contributed by atoms with E-state index in [0.717, 1.165) is 12.1 Å². The summed E-state index contributed by atoms with van der Waals surface area (Å²) in [4.78, 5) is 1.82. The van der Waals surface area contributed by atoms with Crippen LogP contribution in [0.3, 0.4) is 0 Å². The van der Waals surface area contributed by atoms with Gasteiger partial charge in [0.1, 0.15) is 6.17 Å². The molecule has 5 nitrogen and oxygen atoms in total. The van der Waals surface area contributed by atoms with Crippen LogP contribution in [0, 0.1) is 0 Å². The van der Waals surface area contributed by atoms with Crippen molar-refractivity contribution in [2.45, 2.75) is 17.2 Å². The number of benzene rings is 2. The summed E-state index contributed by atoms with van der Waals surface area (Å²) < 4.78 is 80.2. The van der Waals surface area contributed by atoms with Gasteiger partial charge < -0.3 is 9.47 Å². The highest BCUT2D eigenvalue weighted by atomic mass is 32.2. The van der Waals surface area contributed by atoms with E-state index in [4.69, 9.17) is 0 Å². The maximum absolute atomic E-state index is 13.4. The molecule has 0 unspecified atom stereocenters. The number of rotatable bonds is 4. The molecule has 1 N–H and O–H groups in total. The number of hydrogen-bond acceptors (Lipinski definition) is 3. The number of nitrogens with one attached hydrogen (secondary N) is 1. The van der Waals surface area contributed by atoms with Crippen LogP contribution >= 0.6 is 0 Å². The van der Waals surface area contributed by atoms with Crippen molar-refractivity contribution in [1.29, 1.82) is 0 Å². The summed E-state index contributed by atoms with van der Waals surface area (Å²) in [6.07, 6.45) is -3.72. The first-order chi connectivity index (χ1) is 13.6. The zero-order chi connectivity index (χ0) is 21.0. The average molecular weight is 427 g/mol. The Morgan fingerprint density at radius 3 is 2.28 bits per heavy atom. The van der Waals surface area contributed by atoms with Gasteiger partial charge in [-0.2, -0.15) is 13.2 Å². The maximum atomic E-state index is 13.4. The van der Waals surface area contributed by atoms with Crippen LogP contribution in [0.5, 0.6) is 0 Å². The normalized spacial score (nSPS) is 15.7. The van der Waals surface area contributed by atoms with Crippen LogP contribution in [0.2, 0.25) is 0 Å². The van der Waals surface area contributed by atoms with Crippen molar-refractivity contribution in [3.63, 3.8) is 0 Å². The molecule has 0 atom stereocenters. The van der Waals surface area contributed by atoms with E-state index in [-0.39, 0.29) is 18.0 Å². The first-order valence-corrected chi connectivity index (χ1v) is 10.2. The van der Waals surface area contributed by atoms with E-state index in [9.17, 15) is 26.0 Å². The number of sulfonamides is 1. The maximum Gasteiger partial charge on any atom is 0.416 e. The lowest BCUT2D eigenvalue weighted by Crippen LogP contribution is -2.48. The topological polar surface area (TPSA) is 54.3 Å². The molecule has 1 aromatic heterocycles. The van der Waals surface area contributed by atoms with Crippen molar-refractivity contribution in [1.82, 2.24) is 9.29 Å². The third-order valence-electron chi connectivity index (χ3n) is 4.98. The largest absolute Gasteiger partial charge is 0.416 e. The van der Waals surface area contributed by atoms with Gasteiger partial charge in [-0.25, -0.2) is 17.5 Å². The molecule has 4 rings (SSSR count). The van der Waals surface area contributed by atoms with Crippen molar-refractivity contribution in [3.8, 4) is 5.69 Å². The molecule has 1 saturated heterocycles. The quantitative estimate of drug-likeness (QED) is 0.646. The number of fused-ring (bicyclic) bond motifs is 1. The lowest BCUT2D eigenvalue weighted by atomic mass is 10.1. The van der Waals surface area contributed by atoms with E-state index in [2.05, 4.69) is 4.72 Å². The predicted molar refractivity (Wildman–Crippen MR) is 102 cm³/mol. The Morgan fingerprint density at radius 2 is 1.72 bits per heavy atom. The molecule has 1 fully saturated rings. The van der Waals surface area contributed by atoms with Gasteiger partial charge in [0.15, 0.2) is 0 Å². The van der Waals surface area contributed by atoms with Crippen molar-refractivity contribution in [3.05, 3.63) is 54.2 Å². The van der Waals surface area contributed by atoms with Crippen LogP contribution in [0.25, 0.3) is 16.6 Å². The second-order valence-corrected chi connectivity index (χ2v) is 8.70. The summed E-state index contributed by atoms with van der Waals surface area (Å²) >= 11 is 0.